The topological polar surface area (TPSA) is 91.3 Å². The number of nitrogens with zero attached hydrogens (tertiary/aromatic N) is 2. The molecule has 0 amide bonds. The lowest BCUT2D eigenvalue weighted by Gasteiger charge is -2.26. The zero-order valence-corrected chi connectivity index (χ0v) is 10.3. The molecule has 1 aromatic heterocycles. The van der Waals surface area contributed by atoms with Crippen molar-refractivity contribution in [1.29, 1.82) is 0 Å². The molecule has 1 heterocycles. The molecule has 0 bridgehead atoms. The number of nitrogens with two attached hydrogens (primary N) is 1. The third kappa shape index (κ3) is 2.95. The van der Waals surface area contributed by atoms with Gasteiger partial charge in [-0.2, -0.15) is 0 Å². The summed E-state index contributed by atoms with van der Waals surface area (Å²) in [4.78, 5) is 14.5. The fourth-order valence-electron chi connectivity index (χ4n) is 2.13. The Labute approximate surface area is 105 Å². The smallest absolute Gasteiger partial charge is 0.279 e. The molecular weight excluding hydrogens is 234 g/mol. The van der Waals surface area contributed by atoms with Gasteiger partial charge in [0, 0.05) is 17.8 Å². The highest BCUT2D eigenvalue weighted by atomic mass is 16.6. The summed E-state index contributed by atoms with van der Waals surface area (Å²) < 4.78 is 5.68. The number of hydrogen-bond acceptors (Lipinski definition) is 5. The Morgan fingerprint density at radius 2 is 2.11 bits per heavy atom. The van der Waals surface area contributed by atoms with Gasteiger partial charge in [0.2, 0.25) is 5.88 Å². The van der Waals surface area contributed by atoms with E-state index in [0.717, 1.165) is 25.7 Å². The van der Waals surface area contributed by atoms with Gasteiger partial charge < -0.3 is 10.5 Å². The molecule has 1 aliphatic rings. The summed E-state index contributed by atoms with van der Waals surface area (Å²) in [6, 6.07) is 1.65. The van der Waals surface area contributed by atoms with Gasteiger partial charge in [0.1, 0.15) is 6.10 Å². The number of aryl methyl sites for hydroxylation is 1. The first-order valence-electron chi connectivity index (χ1n) is 6.09. The Morgan fingerprint density at radius 3 is 2.72 bits per heavy atom. The molecule has 98 valence electrons. The molecule has 1 aliphatic carbocycles. The van der Waals surface area contributed by atoms with Crippen LogP contribution in [0.15, 0.2) is 12.3 Å². The molecule has 18 heavy (non-hydrogen) atoms. The van der Waals surface area contributed by atoms with Crippen molar-refractivity contribution in [2.75, 3.05) is 0 Å². The largest absolute Gasteiger partial charge is 0.474 e. The van der Waals surface area contributed by atoms with Crippen molar-refractivity contribution in [2.45, 2.75) is 44.8 Å². The molecule has 0 atom stereocenters. The summed E-state index contributed by atoms with van der Waals surface area (Å²) in [5.74, 6) is 0.327. The van der Waals surface area contributed by atoms with Gasteiger partial charge >= 0.3 is 0 Å². The Balaban J connectivity index is 2.05. The van der Waals surface area contributed by atoms with Gasteiger partial charge in [-0.05, 0) is 32.6 Å². The maximum absolute atomic E-state index is 10.8. The quantitative estimate of drug-likeness (QED) is 0.654. The highest BCUT2D eigenvalue weighted by Gasteiger charge is 2.21. The van der Waals surface area contributed by atoms with E-state index in [2.05, 4.69) is 4.98 Å². The molecule has 6 heteroatoms. The minimum absolute atomic E-state index is 0.0486. The lowest BCUT2D eigenvalue weighted by atomic mass is 9.94. The predicted octanol–water partition coefficient (Wildman–Crippen LogP) is 1.95. The number of hydrogen-bond donors (Lipinski definition) is 1. The van der Waals surface area contributed by atoms with Crippen LogP contribution in [-0.2, 0) is 0 Å². The number of nitro groups is 1. The molecule has 1 fully saturated rings. The molecule has 2 N–H and O–H groups in total. The Morgan fingerprint density at radius 1 is 1.44 bits per heavy atom. The van der Waals surface area contributed by atoms with Crippen LogP contribution >= 0.6 is 0 Å². The molecule has 1 saturated carbocycles. The van der Waals surface area contributed by atoms with Crippen molar-refractivity contribution in [3.8, 4) is 5.88 Å². The SMILES string of the molecule is Cc1cnc(OC2CCC(N)CC2)cc1[N+](=O)[O-]. The lowest BCUT2D eigenvalue weighted by molar-refractivity contribution is -0.385. The van der Waals surface area contributed by atoms with Crippen molar-refractivity contribution in [3.63, 3.8) is 0 Å². The minimum atomic E-state index is -0.416. The Kier molecular flexibility index (Phi) is 3.76. The van der Waals surface area contributed by atoms with Crippen LogP contribution in [0.5, 0.6) is 5.88 Å². The maximum atomic E-state index is 10.8. The van der Waals surface area contributed by atoms with Gasteiger partial charge in [0.25, 0.3) is 5.69 Å². The molecule has 6 nitrogen and oxygen atoms in total. The Hall–Kier alpha value is -1.69. The maximum Gasteiger partial charge on any atom is 0.279 e. The van der Waals surface area contributed by atoms with Gasteiger partial charge in [0.15, 0.2) is 0 Å². The molecule has 0 aromatic carbocycles. The van der Waals surface area contributed by atoms with E-state index in [1.54, 1.807) is 6.92 Å². The normalized spacial score (nSPS) is 23.7. The first kappa shape index (κ1) is 12.8. The summed E-state index contributed by atoms with van der Waals surface area (Å²) in [6.45, 7) is 1.66. The van der Waals surface area contributed by atoms with E-state index in [-0.39, 0.29) is 17.8 Å². The van der Waals surface area contributed by atoms with E-state index in [1.165, 1.54) is 12.3 Å². The summed E-state index contributed by atoms with van der Waals surface area (Å²) in [5, 5.41) is 10.8. The standard InChI is InChI=1S/C12H17N3O3/c1-8-7-14-12(6-11(8)15(16)17)18-10-4-2-9(13)3-5-10/h6-7,9-10H,2-5,13H2,1H3. The molecule has 0 spiro atoms. The van der Waals surface area contributed by atoms with Gasteiger partial charge in [-0.3, -0.25) is 10.1 Å². The lowest BCUT2D eigenvalue weighted by Crippen LogP contribution is -2.31. The molecule has 1 aromatic rings. The zero-order valence-electron chi connectivity index (χ0n) is 10.3. The monoisotopic (exact) mass is 251 g/mol. The molecular formula is C12H17N3O3. The van der Waals surface area contributed by atoms with E-state index in [9.17, 15) is 10.1 Å². The average molecular weight is 251 g/mol. The fourth-order valence-corrected chi connectivity index (χ4v) is 2.13. The van der Waals surface area contributed by atoms with Gasteiger partial charge in [-0.25, -0.2) is 4.98 Å². The first-order chi connectivity index (χ1) is 8.56. The second-order valence-corrected chi connectivity index (χ2v) is 4.72. The number of rotatable bonds is 3. The van der Waals surface area contributed by atoms with Crippen LogP contribution in [0.25, 0.3) is 0 Å². The predicted molar refractivity (Wildman–Crippen MR) is 66.5 cm³/mol. The zero-order chi connectivity index (χ0) is 13.1. The van der Waals surface area contributed by atoms with Crippen LogP contribution in [0.2, 0.25) is 0 Å². The summed E-state index contributed by atoms with van der Waals surface area (Å²) >= 11 is 0. The van der Waals surface area contributed by atoms with Crippen LogP contribution in [-0.4, -0.2) is 22.1 Å². The second kappa shape index (κ2) is 5.30. The minimum Gasteiger partial charge on any atom is -0.474 e. The molecule has 2 rings (SSSR count). The summed E-state index contributed by atoms with van der Waals surface area (Å²) in [5.41, 5.74) is 6.40. The van der Waals surface area contributed by atoms with E-state index >= 15 is 0 Å². The van der Waals surface area contributed by atoms with Crippen molar-refractivity contribution in [3.05, 3.63) is 27.9 Å². The van der Waals surface area contributed by atoms with Gasteiger partial charge in [-0.1, -0.05) is 0 Å². The van der Waals surface area contributed by atoms with E-state index < -0.39 is 4.92 Å². The highest BCUT2D eigenvalue weighted by Crippen LogP contribution is 2.25. The highest BCUT2D eigenvalue weighted by molar-refractivity contribution is 5.40. The summed E-state index contributed by atoms with van der Waals surface area (Å²) in [7, 11) is 0. The van der Waals surface area contributed by atoms with Crippen LogP contribution in [0.3, 0.4) is 0 Å². The van der Waals surface area contributed by atoms with E-state index in [4.69, 9.17) is 10.5 Å². The van der Waals surface area contributed by atoms with Crippen molar-refractivity contribution >= 4 is 5.69 Å². The molecule has 0 aliphatic heterocycles. The van der Waals surface area contributed by atoms with Crippen LogP contribution in [0.4, 0.5) is 5.69 Å². The Bertz CT molecular complexity index is 442. The molecule has 0 saturated heterocycles. The van der Waals surface area contributed by atoms with Gasteiger partial charge in [-0.15, -0.1) is 0 Å². The van der Waals surface area contributed by atoms with E-state index in [1.807, 2.05) is 0 Å². The fraction of sp³-hybridized carbons (Fsp3) is 0.583. The molecule has 0 radical (unpaired) electrons. The number of aromatic nitrogens is 1. The van der Waals surface area contributed by atoms with Crippen LogP contribution in [0.1, 0.15) is 31.2 Å². The first-order valence-corrected chi connectivity index (χ1v) is 6.09. The third-order valence-electron chi connectivity index (χ3n) is 3.25. The number of pyridine rings is 1. The van der Waals surface area contributed by atoms with Crippen molar-refractivity contribution in [1.82, 2.24) is 4.98 Å². The van der Waals surface area contributed by atoms with E-state index in [0.29, 0.717) is 11.4 Å². The van der Waals surface area contributed by atoms with Crippen molar-refractivity contribution in [2.24, 2.45) is 5.73 Å². The molecule has 0 unspecified atom stereocenters. The van der Waals surface area contributed by atoms with Gasteiger partial charge in [0.05, 0.1) is 11.0 Å². The summed E-state index contributed by atoms with van der Waals surface area (Å²) in [6.07, 6.45) is 5.16. The number of ether oxygens (including phenoxy) is 1. The van der Waals surface area contributed by atoms with Crippen LogP contribution < -0.4 is 10.5 Å². The third-order valence-corrected chi connectivity index (χ3v) is 3.25. The van der Waals surface area contributed by atoms with Crippen molar-refractivity contribution < 1.29 is 9.66 Å². The average Bonchev–Trinajstić information content (AvgIpc) is 2.34. The second-order valence-electron chi connectivity index (χ2n) is 4.72. The van der Waals surface area contributed by atoms with Crippen LogP contribution in [0, 0.1) is 17.0 Å².